The van der Waals surface area contributed by atoms with Gasteiger partial charge in [-0.15, -0.1) is 0 Å². The van der Waals surface area contributed by atoms with Crippen LogP contribution in [0.2, 0.25) is 5.02 Å². The van der Waals surface area contributed by atoms with E-state index >= 15 is 0 Å². The van der Waals surface area contributed by atoms with Crippen molar-refractivity contribution in [3.63, 3.8) is 0 Å². The van der Waals surface area contributed by atoms with E-state index in [-0.39, 0.29) is 29.7 Å². The van der Waals surface area contributed by atoms with Crippen molar-refractivity contribution in [2.45, 2.75) is 57.5 Å². The minimum atomic E-state index is -3.52. The second-order valence-electron chi connectivity index (χ2n) is 7.76. The summed E-state index contributed by atoms with van der Waals surface area (Å²) in [6, 6.07) is 13.0. The fourth-order valence-electron chi connectivity index (χ4n) is 3.27. The third kappa shape index (κ3) is 8.14. The molecule has 180 valence electrons. The number of sulfonamides is 1. The molecule has 1 atom stereocenters. The molecule has 2 aromatic carbocycles. The molecule has 2 aromatic rings. The van der Waals surface area contributed by atoms with Gasteiger partial charge in [0.1, 0.15) is 6.04 Å². The van der Waals surface area contributed by atoms with E-state index in [0.29, 0.717) is 24.5 Å². The van der Waals surface area contributed by atoms with Gasteiger partial charge in [-0.1, -0.05) is 49.7 Å². The zero-order valence-electron chi connectivity index (χ0n) is 19.3. The average molecular weight is 494 g/mol. The molecular weight excluding hydrogens is 462 g/mol. The van der Waals surface area contributed by atoms with Crippen LogP contribution in [0.4, 0.5) is 0 Å². The van der Waals surface area contributed by atoms with Crippen molar-refractivity contribution in [2.75, 3.05) is 13.1 Å². The van der Waals surface area contributed by atoms with Crippen molar-refractivity contribution < 1.29 is 18.0 Å². The number of hydrogen-bond donors (Lipinski definition) is 2. The van der Waals surface area contributed by atoms with Gasteiger partial charge >= 0.3 is 0 Å². The monoisotopic (exact) mass is 493 g/mol. The molecule has 2 rings (SSSR count). The molecule has 0 aliphatic heterocycles. The van der Waals surface area contributed by atoms with Crippen LogP contribution in [-0.4, -0.2) is 44.3 Å². The van der Waals surface area contributed by atoms with E-state index in [1.165, 1.54) is 12.1 Å². The Balaban J connectivity index is 2.11. The highest BCUT2D eigenvalue weighted by molar-refractivity contribution is 7.89. The van der Waals surface area contributed by atoms with Crippen molar-refractivity contribution in [1.29, 1.82) is 0 Å². The maximum absolute atomic E-state index is 13.1. The van der Waals surface area contributed by atoms with Gasteiger partial charge in [-0.05, 0) is 55.2 Å². The van der Waals surface area contributed by atoms with Crippen LogP contribution in [0.5, 0.6) is 0 Å². The Labute approximate surface area is 201 Å². The fraction of sp³-hybridized carbons (Fsp3) is 0.417. The van der Waals surface area contributed by atoms with Gasteiger partial charge < -0.3 is 10.2 Å². The van der Waals surface area contributed by atoms with E-state index in [0.717, 1.165) is 17.5 Å². The van der Waals surface area contributed by atoms with Gasteiger partial charge in [-0.3, -0.25) is 9.59 Å². The van der Waals surface area contributed by atoms with Gasteiger partial charge in [0.2, 0.25) is 21.8 Å². The molecule has 7 nitrogen and oxygen atoms in total. The highest BCUT2D eigenvalue weighted by atomic mass is 35.5. The SMILES string of the molecule is CCCNC(=O)C(C)N(Cc1ccc(Cl)cc1)C(=O)CCc1ccc(S(=O)(=O)NCC)cc1. The maximum atomic E-state index is 13.1. The number of nitrogens with one attached hydrogen (secondary N) is 2. The van der Waals surface area contributed by atoms with Gasteiger partial charge in [0.25, 0.3) is 0 Å². The Morgan fingerprint density at radius 2 is 1.61 bits per heavy atom. The van der Waals surface area contributed by atoms with E-state index in [9.17, 15) is 18.0 Å². The molecule has 0 spiro atoms. The quantitative estimate of drug-likeness (QED) is 0.473. The second-order valence-corrected chi connectivity index (χ2v) is 9.96. The Hall–Kier alpha value is -2.42. The smallest absolute Gasteiger partial charge is 0.242 e. The molecule has 33 heavy (non-hydrogen) atoms. The summed E-state index contributed by atoms with van der Waals surface area (Å²) in [6.45, 7) is 6.56. The number of hydrogen-bond acceptors (Lipinski definition) is 4. The van der Waals surface area contributed by atoms with E-state index in [2.05, 4.69) is 10.0 Å². The second kappa shape index (κ2) is 12.7. The summed E-state index contributed by atoms with van der Waals surface area (Å²) in [6.07, 6.45) is 1.43. The van der Waals surface area contributed by atoms with Gasteiger partial charge in [0.15, 0.2) is 0 Å². The summed E-state index contributed by atoms with van der Waals surface area (Å²) in [5.41, 5.74) is 1.72. The lowest BCUT2D eigenvalue weighted by atomic mass is 10.1. The van der Waals surface area contributed by atoms with Crippen LogP contribution in [-0.2, 0) is 32.6 Å². The van der Waals surface area contributed by atoms with Gasteiger partial charge in [-0.2, -0.15) is 0 Å². The van der Waals surface area contributed by atoms with Crippen molar-refractivity contribution in [1.82, 2.24) is 14.9 Å². The Morgan fingerprint density at radius 1 is 1.00 bits per heavy atom. The topological polar surface area (TPSA) is 95.6 Å². The van der Waals surface area contributed by atoms with Crippen molar-refractivity contribution >= 4 is 33.4 Å². The number of rotatable bonds is 12. The third-order valence-corrected chi connectivity index (χ3v) is 6.99. The largest absolute Gasteiger partial charge is 0.354 e. The number of benzene rings is 2. The van der Waals surface area contributed by atoms with E-state index in [4.69, 9.17) is 11.6 Å². The molecule has 1 unspecified atom stereocenters. The van der Waals surface area contributed by atoms with Crippen molar-refractivity contribution in [3.05, 3.63) is 64.7 Å². The first-order chi connectivity index (χ1) is 15.7. The molecule has 0 radical (unpaired) electrons. The molecule has 0 aliphatic rings. The van der Waals surface area contributed by atoms with Crippen LogP contribution in [0, 0.1) is 0 Å². The highest BCUT2D eigenvalue weighted by Gasteiger charge is 2.25. The molecule has 2 amide bonds. The minimum Gasteiger partial charge on any atom is -0.354 e. The number of halogens is 1. The normalized spacial score (nSPS) is 12.2. The standard InChI is InChI=1S/C24H32ClN3O4S/c1-4-16-26-24(30)18(3)28(17-20-6-11-21(25)12-7-20)23(29)15-10-19-8-13-22(14-9-19)33(31,32)27-5-2/h6-9,11-14,18,27H,4-5,10,15-17H2,1-3H3,(H,26,30). The highest BCUT2D eigenvalue weighted by Crippen LogP contribution is 2.16. The van der Waals surface area contributed by atoms with Crippen LogP contribution >= 0.6 is 11.6 Å². The molecule has 0 aromatic heterocycles. The molecule has 0 saturated carbocycles. The summed E-state index contributed by atoms with van der Waals surface area (Å²) < 4.78 is 26.6. The fourth-order valence-corrected chi connectivity index (χ4v) is 4.44. The number of nitrogens with zero attached hydrogens (tertiary/aromatic N) is 1. The van der Waals surface area contributed by atoms with E-state index in [1.54, 1.807) is 43.0 Å². The predicted molar refractivity (Wildman–Crippen MR) is 130 cm³/mol. The summed E-state index contributed by atoms with van der Waals surface area (Å²) in [5, 5.41) is 3.45. The van der Waals surface area contributed by atoms with Crippen LogP contribution in [0.15, 0.2) is 53.4 Å². The summed E-state index contributed by atoms with van der Waals surface area (Å²) >= 11 is 5.97. The van der Waals surface area contributed by atoms with E-state index in [1.807, 2.05) is 19.1 Å². The lowest BCUT2D eigenvalue weighted by Crippen LogP contribution is -2.47. The molecule has 2 N–H and O–H groups in total. The maximum Gasteiger partial charge on any atom is 0.242 e. The molecular formula is C24H32ClN3O4S. The Bertz CT molecular complexity index is 1020. The lowest BCUT2D eigenvalue weighted by molar-refractivity contribution is -0.140. The molecule has 0 heterocycles. The van der Waals surface area contributed by atoms with Crippen LogP contribution < -0.4 is 10.0 Å². The zero-order chi connectivity index (χ0) is 24.4. The van der Waals surface area contributed by atoms with Gasteiger partial charge in [0.05, 0.1) is 4.90 Å². The summed E-state index contributed by atoms with van der Waals surface area (Å²) in [4.78, 5) is 27.4. The summed E-state index contributed by atoms with van der Waals surface area (Å²) in [7, 11) is -3.52. The van der Waals surface area contributed by atoms with Gasteiger partial charge in [0, 0.05) is 31.1 Å². The average Bonchev–Trinajstić information content (AvgIpc) is 2.80. The lowest BCUT2D eigenvalue weighted by Gasteiger charge is -2.29. The molecule has 0 saturated heterocycles. The molecule has 0 aliphatic carbocycles. The van der Waals surface area contributed by atoms with Crippen LogP contribution in [0.1, 0.15) is 44.7 Å². The van der Waals surface area contributed by atoms with Gasteiger partial charge in [-0.25, -0.2) is 13.1 Å². The van der Waals surface area contributed by atoms with Crippen LogP contribution in [0.3, 0.4) is 0 Å². The molecule has 0 bridgehead atoms. The van der Waals surface area contributed by atoms with Crippen molar-refractivity contribution in [2.24, 2.45) is 0 Å². The number of carbonyl (C=O) groups excluding carboxylic acids is 2. The number of amides is 2. The zero-order valence-corrected chi connectivity index (χ0v) is 20.9. The Kier molecular flexibility index (Phi) is 10.3. The first-order valence-corrected chi connectivity index (χ1v) is 12.9. The van der Waals surface area contributed by atoms with Crippen molar-refractivity contribution in [3.8, 4) is 0 Å². The minimum absolute atomic E-state index is 0.159. The summed E-state index contributed by atoms with van der Waals surface area (Å²) in [5.74, 6) is -0.356. The number of aryl methyl sites for hydroxylation is 1. The van der Waals surface area contributed by atoms with Crippen LogP contribution in [0.25, 0.3) is 0 Å². The molecule has 0 fully saturated rings. The first-order valence-electron chi connectivity index (χ1n) is 11.1. The first kappa shape index (κ1) is 26.8. The third-order valence-electron chi connectivity index (χ3n) is 5.18. The number of carbonyl (C=O) groups is 2. The molecule has 9 heteroatoms. The Morgan fingerprint density at radius 3 is 2.18 bits per heavy atom. The predicted octanol–water partition coefficient (Wildman–Crippen LogP) is 3.51. The van der Waals surface area contributed by atoms with E-state index < -0.39 is 16.1 Å².